The van der Waals surface area contributed by atoms with Crippen LogP contribution in [0.3, 0.4) is 0 Å². The highest BCUT2D eigenvalue weighted by atomic mass is 16.2. The van der Waals surface area contributed by atoms with Crippen LogP contribution in [0.5, 0.6) is 0 Å². The average molecular weight is 211 g/mol. The Hall–Kier alpha value is -0.610. The van der Waals surface area contributed by atoms with Gasteiger partial charge < -0.3 is 15.5 Å². The maximum atomic E-state index is 11.6. The summed E-state index contributed by atoms with van der Waals surface area (Å²) >= 11 is 0. The van der Waals surface area contributed by atoms with Gasteiger partial charge in [0.1, 0.15) is 0 Å². The van der Waals surface area contributed by atoms with E-state index in [0.717, 1.165) is 26.1 Å². The van der Waals surface area contributed by atoms with Crippen LogP contribution < -0.4 is 5.73 Å². The average Bonchev–Trinajstić information content (AvgIpc) is 2.59. The summed E-state index contributed by atoms with van der Waals surface area (Å²) in [7, 11) is 0. The van der Waals surface area contributed by atoms with E-state index in [0.29, 0.717) is 0 Å². The molecule has 2 fully saturated rings. The van der Waals surface area contributed by atoms with Crippen LogP contribution in [-0.2, 0) is 4.79 Å². The first-order valence-corrected chi connectivity index (χ1v) is 6.04. The lowest BCUT2D eigenvalue weighted by atomic mass is 10.1. The van der Waals surface area contributed by atoms with E-state index < -0.39 is 0 Å². The molecule has 0 saturated carbocycles. The van der Waals surface area contributed by atoms with Crippen molar-refractivity contribution in [3.8, 4) is 0 Å². The summed E-state index contributed by atoms with van der Waals surface area (Å²) < 4.78 is 0. The minimum Gasteiger partial charge on any atom is -0.340 e. The lowest BCUT2D eigenvalue weighted by Gasteiger charge is -2.28. The van der Waals surface area contributed by atoms with Gasteiger partial charge in [0, 0.05) is 19.6 Å². The quantitative estimate of drug-likeness (QED) is 0.716. The van der Waals surface area contributed by atoms with Gasteiger partial charge in [-0.3, -0.25) is 4.79 Å². The van der Waals surface area contributed by atoms with Gasteiger partial charge in [-0.15, -0.1) is 0 Å². The van der Waals surface area contributed by atoms with Gasteiger partial charge in [0.15, 0.2) is 0 Å². The van der Waals surface area contributed by atoms with Gasteiger partial charge in [0.2, 0.25) is 5.91 Å². The topological polar surface area (TPSA) is 49.6 Å². The van der Waals surface area contributed by atoms with E-state index in [9.17, 15) is 4.79 Å². The van der Waals surface area contributed by atoms with E-state index in [1.54, 1.807) is 0 Å². The van der Waals surface area contributed by atoms with E-state index >= 15 is 0 Å². The van der Waals surface area contributed by atoms with Crippen molar-refractivity contribution in [1.29, 1.82) is 0 Å². The first kappa shape index (κ1) is 10.9. The van der Waals surface area contributed by atoms with Gasteiger partial charge in [-0.05, 0) is 32.4 Å². The third-order valence-electron chi connectivity index (χ3n) is 3.47. The van der Waals surface area contributed by atoms with Crippen LogP contribution in [0, 0.1) is 0 Å². The molecule has 1 amide bonds. The maximum Gasteiger partial charge on any atom is 0.239 e. The van der Waals surface area contributed by atoms with Crippen LogP contribution in [0.1, 0.15) is 25.7 Å². The Balaban J connectivity index is 1.71. The Morgan fingerprint density at radius 3 is 2.47 bits per heavy atom. The van der Waals surface area contributed by atoms with Crippen molar-refractivity contribution in [2.75, 3.05) is 32.7 Å². The summed E-state index contributed by atoms with van der Waals surface area (Å²) in [6.45, 7) is 5.15. The van der Waals surface area contributed by atoms with Crippen molar-refractivity contribution in [3.63, 3.8) is 0 Å². The Kier molecular flexibility index (Phi) is 3.59. The number of nitrogens with zero attached hydrogens (tertiary/aromatic N) is 2. The largest absolute Gasteiger partial charge is 0.340 e. The molecule has 1 unspecified atom stereocenters. The molecular formula is C11H21N3O. The molecule has 0 aliphatic carbocycles. The second-order valence-corrected chi connectivity index (χ2v) is 4.62. The SMILES string of the molecule is NC1CCN(CCN2CCCCC2)C1=O. The fourth-order valence-corrected chi connectivity index (χ4v) is 2.43. The van der Waals surface area contributed by atoms with E-state index in [4.69, 9.17) is 5.73 Å². The fraction of sp³-hybridized carbons (Fsp3) is 0.909. The third kappa shape index (κ3) is 2.69. The molecule has 0 bridgehead atoms. The second-order valence-electron chi connectivity index (χ2n) is 4.62. The zero-order valence-corrected chi connectivity index (χ0v) is 9.32. The fourth-order valence-electron chi connectivity index (χ4n) is 2.43. The molecule has 86 valence electrons. The molecular weight excluding hydrogens is 190 g/mol. The predicted molar refractivity (Wildman–Crippen MR) is 59.5 cm³/mol. The molecule has 0 aromatic rings. The summed E-state index contributed by atoms with van der Waals surface area (Å²) in [6, 6.07) is -0.230. The molecule has 4 nitrogen and oxygen atoms in total. The molecule has 0 spiro atoms. The summed E-state index contributed by atoms with van der Waals surface area (Å²) in [5.41, 5.74) is 5.67. The number of hydrogen-bond acceptors (Lipinski definition) is 3. The van der Waals surface area contributed by atoms with Crippen molar-refractivity contribution in [2.24, 2.45) is 5.73 Å². The number of likely N-dealkylation sites (tertiary alicyclic amines) is 2. The highest BCUT2D eigenvalue weighted by Gasteiger charge is 2.28. The highest BCUT2D eigenvalue weighted by Crippen LogP contribution is 2.11. The minimum absolute atomic E-state index is 0.145. The molecule has 4 heteroatoms. The summed E-state index contributed by atoms with van der Waals surface area (Å²) in [6.07, 6.45) is 4.82. The van der Waals surface area contributed by atoms with Crippen molar-refractivity contribution < 1.29 is 4.79 Å². The Morgan fingerprint density at radius 2 is 1.87 bits per heavy atom. The van der Waals surface area contributed by atoms with Gasteiger partial charge in [-0.25, -0.2) is 0 Å². The van der Waals surface area contributed by atoms with E-state index in [2.05, 4.69) is 4.90 Å². The lowest BCUT2D eigenvalue weighted by Crippen LogP contribution is -2.40. The maximum absolute atomic E-state index is 11.6. The van der Waals surface area contributed by atoms with Crippen LogP contribution >= 0.6 is 0 Å². The van der Waals surface area contributed by atoms with E-state index in [-0.39, 0.29) is 11.9 Å². The molecule has 0 radical (unpaired) electrons. The van der Waals surface area contributed by atoms with Crippen molar-refractivity contribution in [1.82, 2.24) is 9.80 Å². The highest BCUT2D eigenvalue weighted by molar-refractivity contribution is 5.83. The van der Waals surface area contributed by atoms with Gasteiger partial charge in [0.05, 0.1) is 6.04 Å². The molecule has 2 rings (SSSR count). The zero-order chi connectivity index (χ0) is 10.7. The molecule has 2 heterocycles. The second kappa shape index (κ2) is 4.94. The smallest absolute Gasteiger partial charge is 0.239 e. The van der Waals surface area contributed by atoms with E-state index in [1.165, 1.54) is 32.4 Å². The molecule has 0 aromatic carbocycles. The van der Waals surface area contributed by atoms with E-state index in [1.807, 2.05) is 4.90 Å². The van der Waals surface area contributed by atoms with Crippen molar-refractivity contribution >= 4 is 5.91 Å². The number of hydrogen-bond donors (Lipinski definition) is 1. The number of nitrogens with two attached hydrogens (primary N) is 1. The lowest BCUT2D eigenvalue weighted by molar-refractivity contribution is -0.128. The van der Waals surface area contributed by atoms with Gasteiger partial charge in [-0.1, -0.05) is 6.42 Å². The molecule has 2 aliphatic heterocycles. The van der Waals surface area contributed by atoms with Crippen molar-refractivity contribution in [2.45, 2.75) is 31.7 Å². The van der Waals surface area contributed by atoms with Gasteiger partial charge in [-0.2, -0.15) is 0 Å². The van der Waals surface area contributed by atoms with Crippen molar-refractivity contribution in [3.05, 3.63) is 0 Å². The van der Waals surface area contributed by atoms with Gasteiger partial charge in [0.25, 0.3) is 0 Å². The van der Waals surface area contributed by atoms with Crippen LogP contribution in [0.4, 0.5) is 0 Å². The number of rotatable bonds is 3. The first-order valence-electron chi connectivity index (χ1n) is 6.04. The predicted octanol–water partition coefficient (Wildman–Crippen LogP) is 0.0319. The van der Waals surface area contributed by atoms with Crippen LogP contribution in [0.15, 0.2) is 0 Å². The Labute approximate surface area is 91.4 Å². The van der Waals surface area contributed by atoms with Crippen LogP contribution in [0.25, 0.3) is 0 Å². The standard InChI is InChI=1S/C11H21N3O/c12-10-4-7-14(11(10)15)9-8-13-5-2-1-3-6-13/h10H,1-9,12H2. The summed E-state index contributed by atoms with van der Waals surface area (Å²) in [5, 5.41) is 0. The Morgan fingerprint density at radius 1 is 1.13 bits per heavy atom. The number of amides is 1. The van der Waals surface area contributed by atoms with Gasteiger partial charge >= 0.3 is 0 Å². The number of piperidine rings is 1. The first-order chi connectivity index (χ1) is 7.27. The number of carbonyl (C=O) groups is 1. The number of carbonyl (C=O) groups excluding carboxylic acids is 1. The zero-order valence-electron chi connectivity index (χ0n) is 9.32. The third-order valence-corrected chi connectivity index (χ3v) is 3.47. The molecule has 1 atom stereocenters. The summed E-state index contributed by atoms with van der Waals surface area (Å²) in [5.74, 6) is 0.145. The monoisotopic (exact) mass is 211 g/mol. The van der Waals surface area contributed by atoms with Crippen LogP contribution in [0.2, 0.25) is 0 Å². The molecule has 2 aliphatic rings. The molecule has 0 aromatic heterocycles. The normalized spacial score (nSPS) is 28.7. The summed E-state index contributed by atoms with van der Waals surface area (Å²) in [4.78, 5) is 15.9. The minimum atomic E-state index is -0.230. The van der Waals surface area contributed by atoms with Crippen LogP contribution in [-0.4, -0.2) is 54.5 Å². The Bertz CT molecular complexity index is 226. The molecule has 2 N–H and O–H groups in total. The molecule has 2 saturated heterocycles. The molecule has 15 heavy (non-hydrogen) atoms.